The summed E-state index contributed by atoms with van der Waals surface area (Å²) in [5.41, 5.74) is 1.28. The van der Waals surface area contributed by atoms with Gasteiger partial charge in [0.15, 0.2) is 0 Å². The molecule has 2 aromatic rings. The van der Waals surface area contributed by atoms with Crippen LogP contribution in [0.3, 0.4) is 0 Å². The molecular formula is C17H18F2N2O4S2. The van der Waals surface area contributed by atoms with Crippen molar-refractivity contribution in [3.63, 3.8) is 0 Å². The Kier molecular flexibility index (Phi) is 5.13. The third-order valence-corrected chi connectivity index (χ3v) is 7.49. The Labute approximate surface area is 156 Å². The van der Waals surface area contributed by atoms with Crippen molar-refractivity contribution in [2.75, 3.05) is 21.3 Å². The molecule has 1 heterocycles. The van der Waals surface area contributed by atoms with E-state index in [1.165, 1.54) is 23.4 Å². The number of nitrogens with zero attached hydrogens (tertiary/aromatic N) is 1. The smallest absolute Gasteiger partial charge is 0.264 e. The lowest BCUT2D eigenvalue weighted by molar-refractivity contribution is 0.551. The van der Waals surface area contributed by atoms with Crippen LogP contribution in [-0.2, 0) is 26.5 Å². The second-order valence-electron chi connectivity index (χ2n) is 6.10. The van der Waals surface area contributed by atoms with Gasteiger partial charge in [-0.3, -0.25) is 9.03 Å². The Balaban J connectivity index is 1.98. The number of aryl methyl sites for hydroxylation is 1. The van der Waals surface area contributed by atoms with Crippen LogP contribution in [-0.4, -0.2) is 29.1 Å². The van der Waals surface area contributed by atoms with Crippen LogP contribution in [0.25, 0.3) is 0 Å². The fourth-order valence-electron chi connectivity index (χ4n) is 2.95. The van der Waals surface area contributed by atoms with Crippen molar-refractivity contribution in [2.24, 2.45) is 0 Å². The van der Waals surface area contributed by atoms with E-state index in [9.17, 15) is 25.6 Å². The third-order valence-electron chi connectivity index (χ3n) is 4.30. The van der Waals surface area contributed by atoms with E-state index in [-0.39, 0.29) is 11.4 Å². The second kappa shape index (κ2) is 7.08. The highest BCUT2D eigenvalue weighted by Crippen LogP contribution is 2.33. The number of hydrogen-bond donors (Lipinski definition) is 1. The molecule has 0 unspecified atom stereocenters. The van der Waals surface area contributed by atoms with E-state index in [0.29, 0.717) is 31.1 Å². The summed E-state index contributed by atoms with van der Waals surface area (Å²) >= 11 is 0. The maximum absolute atomic E-state index is 13.8. The Morgan fingerprint density at radius 1 is 1.07 bits per heavy atom. The molecule has 0 fully saturated rings. The highest BCUT2D eigenvalue weighted by Gasteiger charge is 2.27. The van der Waals surface area contributed by atoms with Gasteiger partial charge in [0.1, 0.15) is 16.5 Å². The van der Waals surface area contributed by atoms with Gasteiger partial charge in [0.25, 0.3) is 10.0 Å². The Morgan fingerprint density at radius 3 is 2.48 bits per heavy atom. The first-order valence-corrected chi connectivity index (χ1v) is 11.3. The van der Waals surface area contributed by atoms with Crippen molar-refractivity contribution >= 4 is 31.4 Å². The molecule has 0 atom stereocenters. The predicted molar refractivity (Wildman–Crippen MR) is 98.7 cm³/mol. The molecule has 2 aromatic carbocycles. The van der Waals surface area contributed by atoms with E-state index in [4.69, 9.17) is 0 Å². The van der Waals surface area contributed by atoms with Gasteiger partial charge in [-0.2, -0.15) is 0 Å². The number of nitrogens with one attached hydrogen (secondary N) is 1. The SMILES string of the molecule is CCS(=O)(=O)N1CCCc2ccc(NS(=O)(=O)c3ccc(F)cc3F)cc21. The quantitative estimate of drug-likeness (QED) is 0.812. The lowest BCUT2D eigenvalue weighted by Gasteiger charge is -2.30. The van der Waals surface area contributed by atoms with Crippen molar-refractivity contribution in [1.82, 2.24) is 0 Å². The van der Waals surface area contributed by atoms with Crippen LogP contribution in [0.1, 0.15) is 18.9 Å². The minimum Gasteiger partial charge on any atom is -0.279 e. The van der Waals surface area contributed by atoms with Gasteiger partial charge in [-0.15, -0.1) is 0 Å². The molecule has 0 saturated heterocycles. The van der Waals surface area contributed by atoms with Crippen LogP contribution >= 0.6 is 0 Å². The third kappa shape index (κ3) is 3.91. The highest BCUT2D eigenvalue weighted by molar-refractivity contribution is 7.93. The number of hydrogen-bond acceptors (Lipinski definition) is 4. The van der Waals surface area contributed by atoms with E-state index < -0.39 is 36.6 Å². The van der Waals surface area contributed by atoms with Crippen molar-refractivity contribution in [1.29, 1.82) is 0 Å². The summed E-state index contributed by atoms with van der Waals surface area (Å²) in [6.07, 6.45) is 1.34. The summed E-state index contributed by atoms with van der Waals surface area (Å²) in [6.45, 7) is 1.85. The molecule has 0 radical (unpaired) electrons. The van der Waals surface area contributed by atoms with Crippen LogP contribution in [0, 0.1) is 11.6 Å². The average Bonchev–Trinajstić information content (AvgIpc) is 2.60. The van der Waals surface area contributed by atoms with Gasteiger partial charge >= 0.3 is 0 Å². The minimum atomic E-state index is -4.31. The predicted octanol–water partition coefficient (Wildman–Crippen LogP) is 2.87. The maximum atomic E-state index is 13.8. The van der Waals surface area contributed by atoms with Crippen LogP contribution in [0.15, 0.2) is 41.3 Å². The van der Waals surface area contributed by atoms with E-state index in [0.717, 1.165) is 17.7 Å². The van der Waals surface area contributed by atoms with Gasteiger partial charge in [-0.25, -0.2) is 25.6 Å². The molecule has 146 valence electrons. The normalized spacial score (nSPS) is 14.7. The van der Waals surface area contributed by atoms with Gasteiger partial charge < -0.3 is 0 Å². The lowest BCUT2D eigenvalue weighted by Crippen LogP contribution is -2.36. The maximum Gasteiger partial charge on any atom is 0.264 e. The molecule has 0 bridgehead atoms. The van der Waals surface area contributed by atoms with Crippen molar-refractivity contribution in [2.45, 2.75) is 24.7 Å². The number of fused-ring (bicyclic) bond motifs is 1. The fraction of sp³-hybridized carbons (Fsp3) is 0.294. The van der Waals surface area contributed by atoms with Gasteiger partial charge in [-0.05, 0) is 49.6 Å². The number of rotatable bonds is 5. The standard InChI is InChI=1S/C17H18F2N2O4S2/c1-2-26(22,23)21-9-3-4-12-5-7-14(11-16(12)21)20-27(24,25)17-8-6-13(18)10-15(17)19/h5-8,10-11,20H,2-4,9H2,1H3. The first-order valence-electron chi connectivity index (χ1n) is 8.25. The zero-order valence-electron chi connectivity index (χ0n) is 14.4. The summed E-state index contributed by atoms with van der Waals surface area (Å²) < 4.78 is 79.8. The number of benzene rings is 2. The molecule has 27 heavy (non-hydrogen) atoms. The average molecular weight is 416 g/mol. The van der Waals surface area contributed by atoms with Crippen molar-refractivity contribution in [3.05, 3.63) is 53.6 Å². The largest absolute Gasteiger partial charge is 0.279 e. The molecule has 0 aromatic heterocycles. The van der Waals surface area contributed by atoms with Gasteiger partial charge in [0.05, 0.1) is 17.1 Å². The molecule has 1 aliphatic rings. The zero-order chi connectivity index (χ0) is 19.8. The number of halogens is 2. The molecular weight excluding hydrogens is 398 g/mol. The molecule has 6 nitrogen and oxygen atoms in total. The van der Waals surface area contributed by atoms with Crippen LogP contribution in [0.5, 0.6) is 0 Å². The van der Waals surface area contributed by atoms with Crippen molar-refractivity contribution < 1.29 is 25.6 Å². The Bertz CT molecular complexity index is 1090. The van der Waals surface area contributed by atoms with E-state index in [1.54, 1.807) is 6.07 Å². The van der Waals surface area contributed by atoms with Gasteiger partial charge in [-0.1, -0.05) is 6.07 Å². The first-order chi connectivity index (χ1) is 12.6. The van der Waals surface area contributed by atoms with Crippen molar-refractivity contribution in [3.8, 4) is 0 Å². The topological polar surface area (TPSA) is 83.6 Å². The lowest BCUT2D eigenvalue weighted by atomic mass is 10.0. The first kappa shape index (κ1) is 19.6. The molecule has 1 aliphatic heterocycles. The van der Waals surface area contributed by atoms with Crippen LogP contribution in [0.2, 0.25) is 0 Å². The molecule has 0 amide bonds. The minimum absolute atomic E-state index is 0.0802. The molecule has 0 aliphatic carbocycles. The van der Waals surface area contributed by atoms with Crippen LogP contribution < -0.4 is 9.03 Å². The fourth-order valence-corrected chi connectivity index (χ4v) is 5.25. The Morgan fingerprint density at radius 2 is 1.81 bits per heavy atom. The number of anilines is 2. The van der Waals surface area contributed by atoms with E-state index >= 15 is 0 Å². The summed E-state index contributed by atoms with van der Waals surface area (Å²) in [4.78, 5) is -0.695. The van der Waals surface area contributed by atoms with E-state index in [2.05, 4.69) is 4.72 Å². The van der Waals surface area contributed by atoms with E-state index in [1.807, 2.05) is 0 Å². The van der Waals surface area contributed by atoms with Crippen LogP contribution in [0.4, 0.5) is 20.2 Å². The highest BCUT2D eigenvalue weighted by atomic mass is 32.2. The number of sulfonamides is 2. The second-order valence-corrected chi connectivity index (χ2v) is 9.93. The molecule has 1 N–H and O–H groups in total. The summed E-state index contributed by atoms with van der Waals surface area (Å²) in [5.74, 6) is -2.18. The summed E-state index contributed by atoms with van der Waals surface area (Å²) in [5, 5.41) is 0. The molecule has 10 heteroatoms. The molecule has 3 rings (SSSR count). The van der Waals surface area contributed by atoms with Gasteiger partial charge in [0, 0.05) is 12.6 Å². The van der Waals surface area contributed by atoms with Gasteiger partial charge in [0.2, 0.25) is 10.0 Å². The molecule has 0 saturated carbocycles. The summed E-state index contributed by atoms with van der Waals surface area (Å²) in [7, 11) is -7.81. The summed E-state index contributed by atoms with van der Waals surface area (Å²) in [6, 6.07) is 6.71. The Hall–Kier alpha value is -2.20. The molecule has 0 spiro atoms. The monoisotopic (exact) mass is 416 g/mol. The zero-order valence-corrected chi connectivity index (χ0v) is 16.1.